The Morgan fingerprint density at radius 3 is 2.38 bits per heavy atom. The fourth-order valence-corrected chi connectivity index (χ4v) is 3.06. The third-order valence-corrected chi connectivity index (χ3v) is 4.41. The molecule has 21 heavy (non-hydrogen) atoms. The molecule has 1 aromatic carbocycles. The lowest BCUT2D eigenvalue weighted by Gasteiger charge is -2.11. The van der Waals surface area contributed by atoms with Crippen molar-refractivity contribution in [3.63, 3.8) is 0 Å². The Balaban J connectivity index is 2.36. The molecule has 0 radical (unpaired) electrons. The van der Waals surface area contributed by atoms with Crippen LogP contribution in [0.3, 0.4) is 0 Å². The van der Waals surface area contributed by atoms with Crippen molar-refractivity contribution >= 4 is 33.3 Å². The van der Waals surface area contributed by atoms with E-state index in [1.807, 2.05) is 0 Å². The molecule has 0 amide bonds. The topological polar surface area (TPSA) is 96.4 Å². The van der Waals surface area contributed by atoms with Crippen molar-refractivity contribution in [1.82, 2.24) is 4.98 Å². The van der Waals surface area contributed by atoms with Crippen molar-refractivity contribution in [2.24, 2.45) is 0 Å². The standard InChI is InChI=1S/C13H11ClN2O4S/c1-8-6-7-15-12(14)11(8)16-21(19,20)10-4-2-9(3-5-10)13(17)18/h2-7,16H,1H3,(H,17,18). The van der Waals surface area contributed by atoms with E-state index in [9.17, 15) is 13.2 Å². The molecule has 0 aliphatic heterocycles. The van der Waals surface area contributed by atoms with Gasteiger partial charge in [0.2, 0.25) is 0 Å². The SMILES string of the molecule is Cc1ccnc(Cl)c1NS(=O)(=O)c1ccc(C(=O)O)cc1. The Bertz CT molecular complexity index is 768. The minimum atomic E-state index is -3.87. The van der Waals surface area contributed by atoms with Crippen LogP contribution in [0.2, 0.25) is 5.15 Å². The number of aryl methyl sites for hydroxylation is 1. The quantitative estimate of drug-likeness (QED) is 0.842. The average molecular weight is 327 g/mol. The van der Waals surface area contributed by atoms with Gasteiger partial charge in [-0.25, -0.2) is 18.2 Å². The van der Waals surface area contributed by atoms with E-state index in [0.717, 1.165) is 0 Å². The van der Waals surface area contributed by atoms with E-state index >= 15 is 0 Å². The normalized spacial score (nSPS) is 11.1. The largest absolute Gasteiger partial charge is 0.478 e. The molecule has 2 aromatic rings. The Labute approximate surface area is 126 Å². The first-order chi connectivity index (χ1) is 9.81. The third-order valence-electron chi connectivity index (χ3n) is 2.76. The average Bonchev–Trinajstić information content (AvgIpc) is 2.43. The van der Waals surface area contributed by atoms with Gasteiger partial charge in [0, 0.05) is 6.20 Å². The number of carboxylic acids is 1. The molecule has 0 spiro atoms. The first-order valence-electron chi connectivity index (χ1n) is 5.78. The molecule has 1 aromatic heterocycles. The first kappa shape index (κ1) is 15.3. The summed E-state index contributed by atoms with van der Waals surface area (Å²) in [5, 5.41) is 8.84. The van der Waals surface area contributed by atoms with E-state index in [2.05, 4.69) is 9.71 Å². The minimum absolute atomic E-state index is 0.00420. The Kier molecular flexibility index (Phi) is 4.15. The highest BCUT2D eigenvalue weighted by Gasteiger charge is 2.18. The second-order valence-corrected chi connectivity index (χ2v) is 6.27. The van der Waals surface area contributed by atoms with Crippen LogP contribution in [0.4, 0.5) is 5.69 Å². The van der Waals surface area contributed by atoms with Gasteiger partial charge in [0.25, 0.3) is 10.0 Å². The van der Waals surface area contributed by atoms with Gasteiger partial charge >= 0.3 is 5.97 Å². The molecule has 0 aliphatic carbocycles. The van der Waals surface area contributed by atoms with Gasteiger partial charge in [-0.3, -0.25) is 4.72 Å². The number of rotatable bonds is 4. The number of carboxylic acid groups (broad SMARTS) is 1. The maximum Gasteiger partial charge on any atom is 0.335 e. The van der Waals surface area contributed by atoms with Gasteiger partial charge in [-0.15, -0.1) is 0 Å². The van der Waals surface area contributed by atoms with Crippen molar-refractivity contribution in [2.75, 3.05) is 4.72 Å². The van der Waals surface area contributed by atoms with Crippen LogP contribution in [0.25, 0.3) is 0 Å². The predicted octanol–water partition coefficient (Wildman–Crippen LogP) is 2.54. The maximum atomic E-state index is 12.2. The minimum Gasteiger partial charge on any atom is -0.478 e. The number of anilines is 1. The second kappa shape index (κ2) is 5.71. The van der Waals surface area contributed by atoms with Crippen LogP contribution >= 0.6 is 11.6 Å². The van der Waals surface area contributed by atoms with Gasteiger partial charge in [0.05, 0.1) is 16.1 Å². The molecule has 0 unspecified atom stereocenters. The van der Waals surface area contributed by atoms with Crippen molar-refractivity contribution < 1.29 is 18.3 Å². The number of nitrogens with one attached hydrogen (secondary N) is 1. The fraction of sp³-hybridized carbons (Fsp3) is 0.0769. The zero-order chi connectivity index (χ0) is 15.6. The lowest BCUT2D eigenvalue weighted by molar-refractivity contribution is 0.0697. The van der Waals surface area contributed by atoms with Crippen molar-refractivity contribution in [2.45, 2.75) is 11.8 Å². The van der Waals surface area contributed by atoms with E-state index < -0.39 is 16.0 Å². The van der Waals surface area contributed by atoms with Gasteiger partial charge in [-0.2, -0.15) is 0 Å². The monoisotopic (exact) mass is 326 g/mol. The van der Waals surface area contributed by atoms with Gasteiger partial charge < -0.3 is 5.11 Å². The number of aromatic carboxylic acids is 1. The van der Waals surface area contributed by atoms with E-state index in [0.29, 0.717) is 5.56 Å². The lowest BCUT2D eigenvalue weighted by Crippen LogP contribution is -2.14. The van der Waals surface area contributed by atoms with Crippen molar-refractivity contribution in [3.05, 3.63) is 52.8 Å². The highest BCUT2D eigenvalue weighted by atomic mass is 35.5. The van der Waals surface area contributed by atoms with Crippen LogP contribution in [0.15, 0.2) is 41.4 Å². The summed E-state index contributed by atoms with van der Waals surface area (Å²) >= 11 is 5.87. The molecule has 0 bridgehead atoms. The predicted molar refractivity (Wildman–Crippen MR) is 78.2 cm³/mol. The molecule has 0 saturated carbocycles. The summed E-state index contributed by atoms with van der Waals surface area (Å²) in [6, 6.07) is 6.48. The van der Waals surface area contributed by atoms with E-state index in [4.69, 9.17) is 16.7 Å². The maximum absolute atomic E-state index is 12.2. The number of nitrogens with zero attached hydrogens (tertiary/aromatic N) is 1. The van der Waals surface area contributed by atoms with Gasteiger partial charge in [-0.05, 0) is 42.8 Å². The number of carbonyl (C=O) groups is 1. The molecule has 2 rings (SSSR count). The fourth-order valence-electron chi connectivity index (χ4n) is 1.62. The molecule has 0 saturated heterocycles. The summed E-state index contributed by atoms with van der Waals surface area (Å²) in [6.07, 6.45) is 1.47. The van der Waals surface area contributed by atoms with Crippen molar-refractivity contribution in [3.8, 4) is 0 Å². The van der Waals surface area contributed by atoms with Crippen LogP contribution in [0.5, 0.6) is 0 Å². The first-order valence-corrected chi connectivity index (χ1v) is 7.64. The van der Waals surface area contributed by atoms with Gasteiger partial charge in [0.1, 0.15) is 0 Å². The summed E-state index contributed by atoms with van der Waals surface area (Å²) in [6.45, 7) is 1.69. The van der Waals surface area contributed by atoms with Gasteiger partial charge in [0.15, 0.2) is 5.15 Å². The highest BCUT2D eigenvalue weighted by Crippen LogP contribution is 2.25. The summed E-state index contributed by atoms with van der Waals surface area (Å²) in [5.74, 6) is -1.13. The number of aromatic nitrogens is 1. The Hall–Kier alpha value is -2.12. The summed E-state index contributed by atoms with van der Waals surface area (Å²) in [7, 11) is -3.87. The molecule has 8 heteroatoms. The lowest BCUT2D eigenvalue weighted by atomic mass is 10.2. The zero-order valence-electron chi connectivity index (χ0n) is 10.9. The summed E-state index contributed by atoms with van der Waals surface area (Å²) < 4.78 is 26.8. The Morgan fingerprint density at radius 2 is 1.86 bits per heavy atom. The smallest absolute Gasteiger partial charge is 0.335 e. The van der Waals surface area contributed by atoms with Crippen molar-refractivity contribution in [1.29, 1.82) is 0 Å². The van der Waals surface area contributed by atoms with E-state index in [-0.39, 0.29) is 21.3 Å². The molecule has 6 nitrogen and oxygen atoms in total. The Morgan fingerprint density at radius 1 is 1.24 bits per heavy atom. The molecule has 0 aliphatic rings. The molecular weight excluding hydrogens is 316 g/mol. The van der Waals surface area contributed by atoms with Gasteiger partial charge in [-0.1, -0.05) is 11.6 Å². The number of benzene rings is 1. The van der Waals surface area contributed by atoms with Crippen LogP contribution in [-0.4, -0.2) is 24.5 Å². The molecule has 110 valence electrons. The summed E-state index contributed by atoms with van der Waals surface area (Å²) in [4.78, 5) is 14.5. The van der Waals surface area contributed by atoms with E-state index in [1.165, 1.54) is 30.5 Å². The van der Waals surface area contributed by atoms with Crippen LogP contribution in [-0.2, 0) is 10.0 Å². The number of hydrogen-bond acceptors (Lipinski definition) is 4. The van der Waals surface area contributed by atoms with E-state index in [1.54, 1.807) is 13.0 Å². The van der Waals surface area contributed by atoms with Crippen LogP contribution < -0.4 is 4.72 Å². The summed E-state index contributed by atoms with van der Waals surface area (Å²) in [5.41, 5.74) is 0.826. The van der Waals surface area contributed by atoms with Crippen LogP contribution in [0.1, 0.15) is 15.9 Å². The molecular formula is C13H11ClN2O4S. The number of halogens is 1. The number of hydrogen-bond donors (Lipinski definition) is 2. The second-order valence-electron chi connectivity index (χ2n) is 4.23. The number of sulfonamides is 1. The third kappa shape index (κ3) is 3.32. The molecule has 0 atom stereocenters. The molecule has 1 heterocycles. The van der Waals surface area contributed by atoms with Crippen LogP contribution in [0, 0.1) is 6.92 Å². The highest BCUT2D eigenvalue weighted by molar-refractivity contribution is 7.92. The number of pyridine rings is 1. The molecule has 0 fully saturated rings. The zero-order valence-corrected chi connectivity index (χ0v) is 12.4. The molecule has 2 N–H and O–H groups in total.